The number of rotatable bonds is 2. The number of ether oxygens (including phenoxy) is 1. The molecule has 1 aliphatic heterocycles. The first-order chi connectivity index (χ1) is 11.6. The van der Waals surface area contributed by atoms with Gasteiger partial charge in [0.2, 0.25) is 5.88 Å². The van der Waals surface area contributed by atoms with Crippen LogP contribution in [0.4, 0.5) is 11.4 Å². The third-order valence-electron chi connectivity index (χ3n) is 3.76. The molecule has 4 rings (SSSR count). The molecule has 0 fully saturated rings. The number of aliphatic imine (C=N–C) groups is 1. The summed E-state index contributed by atoms with van der Waals surface area (Å²) in [6.45, 7) is 1.87. The normalized spacial score (nSPS) is 12.0. The number of benzene rings is 2. The van der Waals surface area contributed by atoms with Gasteiger partial charge >= 0.3 is 0 Å². The van der Waals surface area contributed by atoms with Gasteiger partial charge in [-0.25, -0.2) is 0 Å². The fraction of sp³-hybridized carbons (Fsp3) is 0.0588. The highest BCUT2D eigenvalue weighted by Gasteiger charge is 2.22. The van der Waals surface area contributed by atoms with E-state index in [2.05, 4.69) is 10.1 Å². The Hall–Kier alpha value is -3.48. The fourth-order valence-corrected chi connectivity index (χ4v) is 2.55. The quantitative estimate of drug-likeness (QED) is 0.413. The van der Waals surface area contributed by atoms with Crippen LogP contribution in [0.1, 0.15) is 11.3 Å². The van der Waals surface area contributed by atoms with Gasteiger partial charge in [0.15, 0.2) is 5.75 Å². The molecule has 0 saturated heterocycles. The summed E-state index contributed by atoms with van der Waals surface area (Å²) in [6, 6.07) is 14.0. The molecule has 1 aromatic heterocycles. The predicted molar refractivity (Wildman–Crippen MR) is 88.7 cm³/mol. The molecule has 7 nitrogen and oxygen atoms in total. The molecule has 0 unspecified atom stereocenters. The van der Waals surface area contributed by atoms with Crippen LogP contribution in [0.2, 0.25) is 0 Å². The number of nitro benzene ring substituents is 1. The summed E-state index contributed by atoms with van der Waals surface area (Å²) in [5, 5.41) is 15.4. The van der Waals surface area contributed by atoms with Gasteiger partial charge in [-0.15, -0.1) is 0 Å². The van der Waals surface area contributed by atoms with Gasteiger partial charge in [0.25, 0.3) is 5.69 Å². The molecule has 0 amide bonds. The van der Waals surface area contributed by atoms with Crippen LogP contribution in [0.3, 0.4) is 0 Å². The molecular weight excluding hydrogens is 308 g/mol. The van der Waals surface area contributed by atoms with Crippen LogP contribution < -0.4 is 4.74 Å². The van der Waals surface area contributed by atoms with Gasteiger partial charge in [0.05, 0.1) is 21.9 Å². The lowest BCUT2D eigenvalue weighted by Gasteiger charge is -2.09. The van der Waals surface area contributed by atoms with Crippen molar-refractivity contribution in [3.05, 3.63) is 69.9 Å². The van der Waals surface area contributed by atoms with Crippen molar-refractivity contribution < 1.29 is 9.66 Å². The Morgan fingerprint density at radius 2 is 1.96 bits per heavy atom. The van der Waals surface area contributed by atoms with Crippen molar-refractivity contribution in [2.75, 3.05) is 0 Å². The van der Waals surface area contributed by atoms with E-state index < -0.39 is 4.92 Å². The van der Waals surface area contributed by atoms with Crippen LogP contribution in [-0.4, -0.2) is 20.9 Å². The first-order valence-electron chi connectivity index (χ1n) is 7.29. The van der Waals surface area contributed by atoms with Crippen molar-refractivity contribution >= 4 is 17.6 Å². The smallest absolute Gasteiger partial charge is 0.271 e. The molecule has 3 aromatic rings. The number of para-hydroxylation sites is 1. The fourth-order valence-electron chi connectivity index (χ4n) is 2.55. The Morgan fingerprint density at radius 1 is 1.17 bits per heavy atom. The lowest BCUT2D eigenvalue weighted by atomic mass is 10.2. The number of nitro groups is 1. The molecule has 118 valence electrons. The number of non-ortho nitro benzene ring substituents is 1. The maximum Gasteiger partial charge on any atom is 0.271 e. The van der Waals surface area contributed by atoms with E-state index in [1.165, 1.54) is 12.1 Å². The number of hydrogen-bond acceptors (Lipinski definition) is 5. The highest BCUT2D eigenvalue weighted by atomic mass is 16.6. The van der Waals surface area contributed by atoms with Gasteiger partial charge in [0.1, 0.15) is 5.69 Å². The third kappa shape index (κ3) is 2.23. The average Bonchev–Trinajstić information content (AvgIpc) is 2.78. The third-order valence-corrected chi connectivity index (χ3v) is 3.76. The van der Waals surface area contributed by atoms with E-state index in [1.807, 2.05) is 37.3 Å². The van der Waals surface area contributed by atoms with Gasteiger partial charge in [-0.3, -0.25) is 15.1 Å². The Morgan fingerprint density at radius 3 is 2.71 bits per heavy atom. The van der Waals surface area contributed by atoms with E-state index >= 15 is 0 Å². The number of hydrogen-bond donors (Lipinski definition) is 0. The minimum atomic E-state index is -0.454. The van der Waals surface area contributed by atoms with Gasteiger partial charge in [-0.05, 0) is 25.1 Å². The molecule has 0 bridgehead atoms. The Labute approximate surface area is 137 Å². The van der Waals surface area contributed by atoms with E-state index in [0.717, 1.165) is 16.9 Å². The van der Waals surface area contributed by atoms with Crippen LogP contribution in [0.5, 0.6) is 11.6 Å². The van der Waals surface area contributed by atoms with Crippen molar-refractivity contribution in [1.29, 1.82) is 0 Å². The summed E-state index contributed by atoms with van der Waals surface area (Å²) in [7, 11) is 0. The van der Waals surface area contributed by atoms with Crippen LogP contribution in [-0.2, 0) is 0 Å². The first kappa shape index (κ1) is 14.1. The lowest BCUT2D eigenvalue weighted by molar-refractivity contribution is -0.384. The molecule has 0 radical (unpaired) electrons. The lowest BCUT2D eigenvalue weighted by Crippen LogP contribution is -2.00. The Bertz CT molecular complexity index is 977. The van der Waals surface area contributed by atoms with Crippen molar-refractivity contribution in [2.45, 2.75) is 6.92 Å². The largest absolute Gasteiger partial charge is 0.436 e. The van der Waals surface area contributed by atoms with Crippen LogP contribution in [0, 0.1) is 17.0 Å². The molecule has 0 N–H and O–H groups in total. The minimum absolute atomic E-state index is 0.0261. The monoisotopic (exact) mass is 320 g/mol. The minimum Gasteiger partial charge on any atom is -0.436 e. The molecule has 0 saturated carbocycles. The van der Waals surface area contributed by atoms with E-state index in [0.29, 0.717) is 17.3 Å². The van der Waals surface area contributed by atoms with Crippen LogP contribution in [0.25, 0.3) is 5.69 Å². The molecule has 1 aliphatic rings. The summed E-state index contributed by atoms with van der Waals surface area (Å²) in [5.41, 5.74) is 2.76. The average molecular weight is 320 g/mol. The zero-order chi connectivity index (χ0) is 16.7. The summed E-state index contributed by atoms with van der Waals surface area (Å²) >= 11 is 0. The predicted octanol–water partition coefficient (Wildman–Crippen LogP) is 3.95. The molecule has 2 aromatic carbocycles. The number of aryl methyl sites for hydroxylation is 1. The number of nitrogens with zero attached hydrogens (tertiary/aromatic N) is 4. The van der Waals surface area contributed by atoms with Gasteiger partial charge < -0.3 is 4.74 Å². The maximum atomic E-state index is 10.9. The van der Waals surface area contributed by atoms with E-state index in [9.17, 15) is 10.1 Å². The standard InChI is InChI=1S/C17H12N4O3/c1-11-14-10-18-15-9-13(21(22)23)7-8-16(15)24-17(14)20(19-11)12-5-3-2-4-6-12/h2-10H,1H3. The second kappa shape index (κ2) is 5.31. The molecular formula is C17H12N4O3. The van der Waals surface area contributed by atoms with Crippen LogP contribution >= 0.6 is 0 Å². The SMILES string of the molecule is Cc1nn(-c2ccccc2)c2c1C=Nc1cc([N+](=O)[O-])ccc1O2. The van der Waals surface area contributed by atoms with Gasteiger partial charge in [-0.2, -0.15) is 9.78 Å². The van der Waals surface area contributed by atoms with Crippen molar-refractivity contribution in [2.24, 2.45) is 4.99 Å². The second-order valence-corrected chi connectivity index (χ2v) is 5.32. The molecule has 24 heavy (non-hydrogen) atoms. The number of aromatic nitrogens is 2. The summed E-state index contributed by atoms with van der Waals surface area (Å²) in [4.78, 5) is 14.8. The van der Waals surface area contributed by atoms with Crippen LogP contribution in [0.15, 0.2) is 53.5 Å². The summed E-state index contributed by atoms with van der Waals surface area (Å²) in [5.74, 6) is 0.989. The highest BCUT2D eigenvalue weighted by Crippen LogP contribution is 2.39. The Kier molecular flexibility index (Phi) is 3.13. The van der Waals surface area contributed by atoms with E-state index in [1.54, 1.807) is 17.0 Å². The maximum absolute atomic E-state index is 10.9. The van der Waals surface area contributed by atoms with Gasteiger partial charge in [0, 0.05) is 18.3 Å². The van der Waals surface area contributed by atoms with Gasteiger partial charge in [-0.1, -0.05) is 18.2 Å². The second-order valence-electron chi connectivity index (χ2n) is 5.32. The molecule has 0 aliphatic carbocycles. The summed E-state index contributed by atoms with van der Waals surface area (Å²) < 4.78 is 7.70. The molecule has 0 spiro atoms. The van der Waals surface area contributed by atoms with E-state index in [4.69, 9.17) is 4.74 Å². The number of fused-ring (bicyclic) bond motifs is 2. The van der Waals surface area contributed by atoms with Crippen molar-refractivity contribution in [1.82, 2.24) is 9.78 Å². The Balaban J connectivity index is 1.86. The highest BCUT2D eigenvalue weighted by molar-refractivity contribution is 5.89. The topological polar surface area (TPSA) is 82.5 Å². The summed E-state index contributed by atoms with van der Waals surface area (Å²) in [6.07, 6.45) is 1.63. The molecule has 0 atom stereocenters. The van der Waals surface area contributed by atoms with Crippen molar-refractivity contribution in [3.63, 3.8) is 0 Å². The molecule has 7 heteroatoms. The molecule has 2 heterocycles. The van der Waals surface area contributed by atoms with E-state index in [-0.39, 0.29) is 5.69 Å². The van der Waals surface area contributed by atoms with Crippen molar-refractivity contribution in [3.8, 4) is 17.3 Å². The zero-order valence-electron chi connectivity index (χ0n) is 12.7. The first-order valence-corrected chi connectivity index (χ1v) is 7.29. The zero-order valence-corrected chi connectivity index (χ0v) is 12.7.